The molecule has 1 aromatic carbocycles. The zero-order chi connectivity index (χ0) is 15.5. The number of carbonyl (C=O) groups is 2. The van der Waals surface area contributed by atoms with Gasteiger partial charge in [-0.05, 0) is 13.0 Å². The van der Waals surface area contributed by atoms with E-state index in [1.54, 1.807) is 22.9 Å². The summed E-state index contributed by atoms with van der Waals surface area (Å²) in [5.74, 6) is 0.000888. The van der Waals surface area contributed by atoms with Crippen LogP contribution in [0.4, 0.5) is 4.79 Å². The molecule has 0 aliphatic carbocycles. The number of hydrogen-bond donors (Lipinski definition) is 1. The van der Waals surface area contributed by atoms with Gasteiger partial charge in [-0.15, -0.1) is 0 Å². The molecule has 0 bridgehead atoms. The average molecular weight is 301 g/mol. The Morgan fingerprint density at radius 1 is 1.14 bits per heavy atom. The van der Waals surface area contributed by atoms with E-state index in [1.807, 2.05) is 24.3 Å². The first kappa shape index (κ1) is 14.4. The van der Waals surface area contributed by atoms with E-state index in [0.29, 0.717) is 38.3 Å². The Kier molecular flexibility index (Phi) is 4.00. The van der Waals surface area contributed by atoms with Crippen LogP contribution in [0.3, 0.4) is 0 Å². The molecule has 6 nitrogen and oxygen atoms in total. The van der Waals surface area contributed by atoms with Crippen LogP contribution in [0.1, 0.15) is 17.3 Å². The summed E-state index contributed by atoms with van der Waals surface area (Å²) in [4.78, 5) is 30.9. The van der Waals surface area contributed by atoms with Crippen LogP contribution in [0.25, 0.3) is 10.9 Å². The molecule has 6 heteroatoms. The first-order valence-electron chi connectivity index (χ1n) is 7.47. The Balaban J connectivity index is 1.69. The number of aromatic amines is 1. The summed E-state index contributed by atoms with van der Waals surface area (Å²) in [5, 5.41) is 0.931. The second-order valence-corrected chi connectivity index (χ2v) is 5.23. The van der Waals surface area contributed by atoms with Crippen molar-refractivity contribution in [1.82, 2.24) is 14.8 Å². The zero-order valence-corrected chi connectivity index (χ0v) is 12.5. The van der Waals surface area contributed by atoms with Gasteiger partial charge in [-0.3, -0.25) is 4.79 Å². The number of para-hydroxylation sites is 1. The molecule has 1 aromatic heterocycles. The highest BCUT2D eigenvalue weighted by Crippen LogP contribution is 2.20. The van der Waals surface area contributed by atoms with Crippen molar-refractivity contribution in [3.8, 4) is 0 Å². The van der Waals surface area contributed by atoms with Crippen molar-refractivity contribution in [3.63, 3.8) is 0 Å². The lowest BCUT2D eigenvalue weighted by molar-refractivity contribution is 0.0572. The van der Waals surface area contributed by atoms with E-state index in [9.17, 15) is 9.59 Å². The van der Waals surface area contributed by atoms with Crippen LogP contribution in [-0.4, -0.2) is 59.6 Å². The molecule has 0 radical (unpaired) electrons. The number of aromatic nitrogens is 1. The molecule has 22 heavy (non-hydrogen) atoms. The van der Waals surface area contributed by atoms with Gasteiger partial charge >= 0.3 is 6.09 Å². The van der Waals surface area contributed by atoms with Gasteiger partial charge in [0.25, 0.3) is 5.91 Å². The third-order valence-corrected chi connectivity index (χ3v) is 3.91. The molecule has 0 saturated carbocycles. The molecule has 0 spiro atoms. The molecule has 0 atom stereocenters. The van der Waals surface area contributed by atoms with Crippen LogP contribution in [0, 0.1) is 0 Å². The number of nitrogens with one attached hydrogen (secondary N) is 1. The summed E-state index contributed by atoms with van der Waals surface area (Å²) >= 11 is 0. The van der Waals surface area contributed by atoms with E-state index in [0.717, 1.165) is 10.9 Å². The number of benzene rings is 1. The van der Waals surface area contributed by atoms with Gasteiger partial charge in [0.2, 0.25) is 0 Å². The lowest BCUT2D eigenvalue weighted by Gasteiger charge is -2.34. The standard InChI is InChI=1S/C16H19N3O3/c1-2-22-16(21)19-9-7-18(8-10-19)15(20)13-11-17-14-6-4-3-5-12(13)14/h3-6,11,17H,2,7-10H2,1H3. The number of amides is 2. The van der Waals surface area contributed by atoms with Crippen molar-refractivity contribution in [3.05, 3.63) is 36.0 Å². The van der Waals surface area contributed by atoms with Crippen molar-refractivity contribution in [1.29, 1.82) is 0 Å². The monoisotopic (exact) mass is 301 g/mol. The largest absolute Gasteiger partial charge is 0.450 e. The molecule has 2 amide bonds. The maximum absolute atomic E-state index is 12.6. The summed E-state index contributed by atoms with van der Waals surface area (Å²) in [6, 6.07) is 7.75. The normalized spacial score (nSPS) is 15.1. The molecule has 3 rings (SSSR count). The lowest BCUT2D eigenvalue weighted by Crippen LogP contribution is -2.50. The predicted octanol–water partition coefficient (Wildman–Crippen LogP) is 2.08. The number of hydrogen-bond acceptors (Lipinski definition) is 3. The molecular weight excluding hydrogens is 282 g/mol. The van der Waals surface area contributed by atoms with Crippen molar-refractivity contribution < 1.29 is 14.3 Å². The minimum Gasteiger partial charge on any atom is -0.450 e. The molecule has 2 heterocycles. The highest BCUT2D eigenvalue weighted by molar-refractivity contribution is 6.06. The summed E-state index contributed by atoms with van der Waals surface area (Å²) < 4.78 is 4.99. The SMILES string of the molecule is CCOC(=O)N1CCN(C(=O)c2c[nH]c3ccccc23)CC1. The van der Waals surface area contributed by atoms with Crippen LogP contribution in [0.2, 0.25) is 0 Å². The Morgan fingerprint density at radius 2 is 1.82 bits per heavy atom. The molecular formula is C16H19N3O3. The summed E-state index contributed by atoms with van der Waals surface area (Å²) in [5.41, 5.74) is 1.64. The second kappa shape index (κ2) is 6.09. The molecule has 1 aliphatic rings. The fourth-order valence-corrected chi connectivity index (χ4v) is 2.73. The Labute approximate surface area is 128 Å². The minimum absolute atomic E-state index is 0.000888. The fourth-order valence-electron chi connectivity index (χ4n) is 2.73. The second-order valence-electron chi connectivity index (χ2n) is 5.23. The smallest absolute Gasteiger partial charge is 0.409 e. The van der Waals surface area contributed by atoms with Crippen LogP contribution >= 0.6 is 0 Å². The van der Waals surface area contributed by atoms with E-state index >= 15 is 0 Å². The van der Waals surface area contributed by atoms with Gasteiger partial charge in [0.05, 0.1) is 12.2 Å². The van der Waals surface area contributed by atoms with Gasteiger partial charge in [-0.2, -0.15) is 0 Å². The zero-order valence-electron chi connectivity index (χ0n) is 12.5. The van der Waals surface area contributed by atoms with Gasteiger partial charge < -0.3 is 19.5 Å². The average Bonchev–Trinajstić information content (AvgIpc) is 2.98. The number of fused-ring (bicyclic) bond motifs is 1. The third kappa shape index (κ3) is 2.64. The molecule has 1 aliphatic heterocycles. The summed E-state index contributed by atoms with van der Waals surface area (Å²) in [6.07, 6.45) is 1.45. The topological polar surface area (TPSA) is 65.6 Å². The van der Waals surface area contributed by atoms with Crippen LogP contribution < -0.4 is 0 Å². The molecule has 2 aromatic rings. The van der Waals surface area contributed by atoms with Gasteiger partial charge in [0.1, 0.15) is 0 Å². The quantitative estimate of drug-likeness (QED) is 0.923. The van der Waals surface area contributed by atoms with E-state index < -0.39 is 0 Å². The van der Waals surface area contributed by atoms with Crippen molar-refractivity contribution in [2.75, 3.05) is 32.8 Å². The van der Waals surface area contributed by atoms with E-state index in [-0.39, 0.29) is 12.0 Å². The maximum atomic E-state index is 12.6. The number of rotatable bonds is 2. The number of nitrogens with zero attached hydrogens (tertiary/aromatic N) is 2. The highest BCUT2D eigenvalue weighted by atomic mass is 16.6. The van der Waals surface area contributed by atoms with Crippen molar-refractivity contribution in [2.24, 2.45) is 0 Å². The number of carbonyl (C=O) groups excluding carboxylic acids is 2. The Hall–Kier alpha value is -2.50. The highest BCUT2D eigenvalue weighted by Gasteiger charge is 2.26. The number of H-pyrrole nitrogens is 1. The molecule has 1 fully saturated rings. The molecule has 1 N–H and O–H groups in total. The molecule has 116 valence electrons. The van der Waals surface area contributed by atoms with Gasteiger partial charge in [0.15, 0.2) is 0 Å². The Morgan fingerprint density at radius 3 is 2.55 bits per heavy atom. The van der Waals surface area contributed by atoms with E-state index in [1.165, 1.54) is 0 Å². The van der Waals surface area contributed by atoms with E-state index in [2.05, 4.69) is 4.98 Å². The van der Waals surface area contributed by atoms with Gasteiger partial charge in [-0.25, -0.2) is 4.79 Å². The van der Waals surface area contributed by atoms with Crippen molar-refractivity contribution in [2.45, 2.75) is 6.92 Å². The molecule has 1 saturated heterocycles. The Bertz CT molecular complexity index is 687. The minimum atomic E-state index is -0.304. The first-order chi connectivity index (χ1) is 10.7. The predicted molar refractivity (Wildman–Crippen MR) is 82.8 cm³/mol. The van der Waals surface area contributed by atoms with Gasteiger partial charge in [0, 0.05) is 43.3 Å². The summed E-state index contributed by atoms with van der Waals surface area (Å²) in [6.45, 7) is 4.22. The van der Waals surface area contributed by atoms with Crippen molar-refractivity contribution >= 4 is 22.9 Å². The van der Waals surface area contributed by atoms with Crippen LogP contribution in [0.15, 0.2) is 30.5 Å². The summed E-state index contributed by atoms with van der Waals surface area (Å²) in [7, 11) is 0. The first-order valence-corrected chi connectivity index (χ1v) is 7.47. The third-order valence-electron chi connectivity index (χ3n) is 3.91. The van der Waals surface area contributed by atoms with Crippen LogP contribution in [0.5, 0.6) is 0 Å². The number of ether oxygens (including phenoxy) is 1. The lowest BCUT2D eigenvalue weighted by atomic mass is 10.1. The van der Waals surface area contributed by atoms with E-state index in [4.69, 9.17) is 4.74 Å². The fraction of sp³-hybridized carbons (Fsp3) is 0.375. The maximum Gasteiger partial charge on any atom is 0.409 e. The van der Waals surface area contributed by atoms with Gasteiger partial charge in [-0.1, -0.05) is 18.2 Å². The number of piperazine rings is 1. The van der Waals surface area contributed by atoms with Crippen LogP contribution in [-0.2, 0) is 4.74 Å². The molecule has 0 unspecified atom stereocenters.